The van der Waals surface area contributed by atoms with E-state index < -0.39 is 5.79 Å². The van der Waals surface area contributed by atoms with E-state index in [1.54, 1.807) is 0 Å². The fraction of sp³-hybridized carbons (Fsp3) is 0.964. The number of ether oxygens (including phenoxy) is 2. The zero-order valence-electron chi connectivity index (χ0n) is 21.1. The predicted molar refractivity (Wildman–Crippen MR) is 128 cm³/mol. The normalized spacial score (nSPS) is 59.2. The van der Waals surface area contributed by atoms with Crippen molar-refractivity contribution in [1.29, 1.82) is 0 Å². The van der Waals surface area contributed by atoms with E-state index in [2.05, 4.69) is 27.7 Å². The summed E-state index contributed by atoms with van der Waals surface area (Å²) in [5.74, 6) is 4.19. The molecule has 2 N–H and O–H groups in total. The third kappa shape index (κ3) is 2.87. The molecule has 180 valence electrons. The molecule has 0 amide bonds. The van der Waals surface area contributed by atoms with Gasteiger partial charge in [0, 0.05) is 32.0 Å². The maximum atomic E-state index is 7.19. The van der Waals surface area contributed by atoms with E-state index in [4.69, 9.17) is 20.2 Å². The number of aliphatic imine (C=N–C) groups is 1. The molecule has 4 aliphatic carbocycles. The van der Waals surface area contributed by atoms with Crippen molar-refractivity contribution in [1.82, 2.24) is 0 Å². The van der Waals surface area contributed by atoms with Crippen LogP contribution in [0.3, 0.4) is 0 Å². The Kier molecular flexibility index (Phi) is 5.01. The zero-order chi connectivity index (χ0) is 22.5. The molecule has 5 fully saturated rings. The minimum Gasteiger partial charge on any atom is -0.348 e. The van der Waals surface area contributed by atoms with Gasteiger partial charge in [-0.2, -0.15) is 0 Å². The Labute approximate surface area is 195 Å². The van der Waals surface area contributed by atoms with Crippen molar-refractivity contribution in [2.45, 2.75) is 103 Å². The summed E-state index contributed by atoms with van der Waals surface area (Å²) in [6, 6.07) is 0.435. The summed E-state index contributed by atoms with van der Waals surface area (Å²) in [6.45, 7) is 10.9. The van der Waals surface area contributed by atoms with Gasteiger partial charge in [0.15, 0.2) is 0 Å². The molecule has 6 rings (SSSR count). The highest BCUT2D eigenvalue weighted by atomic mass is 16.7. The summed E-state index contributed by atoms with van der Waals surface area (Å²) in [7, 11) is 1.86. The van der Waals surface area contributed by atoms with E-state index in [1.165, 1.54) is 57.1 Å². The molecule has 1 saturated heterocycles. The van der Waals surface area contributed by atoms with Crippen LogP contribution in [-0.2, 0) is 9.47 Å². The second-order valence-electron chi connectivity index (χ2n) is 13.5. The molecule has 0 aromatic heterocycles. The van der Waals surface area contributed by atoms with Gasteiger partial charge in [-0.25, -0.2) is 0 Å². The summed E-state index contributed by atoms with van der Waals surface area (Å²) in [5.41, 5.74) is 8.55. The van der Waals surface area contributed by atoms with Crippen molar-refractivity contribution in [2.24, 2.45) is 63.0 Å². The van der Waals surface area contributed by atoms with Gasteiger partial charge >= 0.3 is 0 Å². The molecule has 4 nitrogen and oxygen atoms in total. The van der Waals surface area contributed by atoms with Gasteiger partial charge in [0.1, 0.15) is 0 Å². The lowest BCUT2D eigenvalue weighted by Gasteiger charge is -2.61. The van der Waals surface area contributed by atoms with Crippen LogP contribution in [0, 0.1) is 52.3 Å². The molecular weight excluding hydrogens is 396 g/mol. The summed E-state index contributed by atoms with van der Waals surface area (Å²) < 4.78 is 13.4. The molecule has 0 aromatic rings. The van der Waals surface area contributed by atoms with Crippen LogP contribution in [0.15, 0.2) is 4.99 Å². The summed E-state index contributed by atoms with van der Waals surface area (Å²) >= 11 is 0. The average molecular weight is 443 g/mol. The second-order valence-corrected chi connectivity index (χ2v) is 13.5. The fourth-order valence-corrected chi connectivity index (χ4v) is 10.3. The molecule has 0 bridgehead atoms. The number of nitrogens with zero attached hydrogens (tertiary/aromatic N) is 1. The van der Waals surface area contributed by atoms with Crippen LogP contribution in [0.2, 0.25) is 0 Å². The van der Waals surface area contributed by atoms with Gasteiger partial charge in [0.05, 0.1) is 11.8 Å². The third-order valence-corrected chi connectivity index (χ3v) is 11.9. The highest BCUT2D eigenvalue weighted by Gasteiger charge is 2.67. The monoisotopic (exact) mass is 442 g/mol. The van der Waals surface area contributed by atoms with Crippen LogP contribution in [-0.4, -0.2) is 37.3 Å². The van der Waals surface area contributed by atoms with Crippen molar-refractivity contribution in [2.75, 3.05) is 13.7 Å². The van der Waals surface area contributed by atoms with Gasteiger partial charge in [0.25, 0.3) is 0 Å². The third-order valence-electron chi connectivity index (χ3n) is 11.9. The SMILES string of the molecule is COC12C[C@@H](C)CN=C1[C@@H](C)C1CC3(C)CCC4C(CCC5CC(N)CCC54C)C3C1O2. The van der Waals surface area contributed by atoms with Crippen LogP contribution in [0.25, 0.3) is 0 Å². The first-order chi connectivity index (χ1) is 15.2. The average Bonchev–Trinajstić information content (AvgIpc) is 3.06. The molecule has 4 heteroatoms. The summed E-state index contributed by atoms with van der Waals surface area (Å²) in [6.07, 6.45) is 12.0. The predicted octanol–water partition coefficient (Wildman–Crippen LogP) is 5.44. The Hall–Kier alpha value is -0.450. The first-order valence-electron chi connectivity index (χ1n) is 13.7. The number of rotatable bonds is 1. The van der Waals surface area contributed by atoms with E-state index in [-0.39, 0.29) is 0 Å². The fourth-order valence-electron chi connectivity index (χ4n) is 10.3. The first kappa shape index (κ1) is 22.0. The van der Waals surface area contributed by atoms with Gasteiger partial charge in [-0.1, -0.05) is 27.7 Å². The molecule has 6 aliphatic rings. The van der Waals surface area contributed by atoms with Crippen molar-refractivity contribution in [3.63, 3.8) is 0 Å². The zero-order valence-corrected chi connectivity index (χ0v) is 21.1. The van der Waals surface area contributed by atoms with Crippen molar-refractivity contribution in [3.05, 3.63) is 0 Å². The molecule has 12 atom stereocenters. The Morgan fingerprint density at radius 2 is 1.84 bits per heavy atom. The smallest absolute Gasteiger partial charge is 0.208 e. The number of hydrogen-bond acceptors (Lipinski definition) is 4. The van der Waals surface area contributed by atoms with Crippen LogP contribution in [0.4, 0.5) is 0 Å². The Morgan fingerprint density at radius 3 is 2.62 bits per heavy atom. The Balaban J connectivity index is 1.36. The largest absolute Gasteiger partial charge is 0.348 e. The molecule has 4 saturated carbocycles. The van der Waals surface area contributed by atoms with E-state index in [0.717, 1.165) is 30.7 Å². The molecule has 0 radical (unpaired) electrons. The van der Waals surface area contributed by atoms with Gasteiger partial charge < -0.3 is 15.2 Å². The summed E-state index contributed by atoms with van der Waals surface area (Å²) in [5, 5.41) is 0. The highest BCUT2D eigenvalue weighted by Crippen LogP contribution is 2.69. The van der Waals surface area contributed by atoms with Crippen molar-refractivity contribution in [3.8, 4) is 0 Å². The number of nitrogens with two attached hydrogens (primary N) is 1. The van der Waals surface area contributed by atoms with E-state index >= 15 is 0 Å². The standard InChI is InChI=1S/C28H46N2O2/c1-16-13-28(31-5)25(30-15-16)17(2)21-14-26(3)10-9-22-20(23(26)24(21)32-28)7-6-18-12-19(29)8-11-27(18,22)4/h16-24H,6-15,29H2,1-5H3/t16-,17+,18?,19?,20?,21?,22?,23?,24?,26?,27?,28?/m1/s1. The molecule has 32 heavy (non-hydrogen) atoms. The minimum atomic E-state index is -0.574. The molecule has 0 spiro atoms. The first-order valence-corrected chi connectivity index (χ1v) is 13.7. The quantitative estimate of drug-likeness (QED) is 0.588. The molecule has 0 aromatic carbocycles. The lowest BCUT2D eigenvalue weighted by molar-refractivity contribution is -0.255. The number of hydrogen-bond donors (Lipinski definition) is 1. The maximum absolute atomic E-state index is 7.19. The van der Waals surface area contributed by atoms with Crippen molar-refractivity contribution >= 4 is 5.71 Å². The van der Waals surface area contributed by atoms with Gasteiger partial charge in [-0.05, 0) is 97.7 Å². The summed E-state index contributed by atoms with van der Waals surface area (Å²) in [4.78, 5) is 5.07. The second kappa shape index (κ2) is 7.28. The minimum absolute atomic E-state index is 0.331. The topological polar surface area (TPSA) is 56.8 Å². The van der Waals surface area contributed by atoms with Gasteiger partial charge in [0.2, 0.25) is 5.79 Å². The highest BCUT2D eigenvalue weighted by molar-refractivity contribution is 5.94. The van der Waals surface area contributed by atoms with Crippen molar-refractivity contribution < 1.29 is 9.47 Å². The van der Waals surface area contributed by atoms with Crippen LogP contribution in [0.1, 0.15) is 85.5 Å². The molecule has 2 heterocycles. The van der Waals surface area contributed by atoms with Gasteiger partial charge in [-0.15, -0.1) is 0 Å². The van der Waals surface area contributed by atoms with E-state index in [0.29, 0.717) is 46.6 Å². The Morgan fingerprint density at radius 1 is 1.03 bits per heavy atom. The lowest BCUT2D eigenvalue weighted by Crippen LogP contribution is -2.61. The Bertz CT molecular complexity index is 798. The number of fused-ring (bicyclic) bond motifs is 8. The van der Waals surface area contributed by atoms with Crippen LogP contribution >= 0.6 is 0 Å². The molecule has 10 unspecified atom stereocenters. The van der Waals surface area contributed by atoms with E-state index in [1.807, 2.05) is 7.11 Å². The van der Waals surface area contributed by atoms with Gasteiger partial charge in [-0.3, -0.25) is 4.99 Å². The lowest BCUT2D eigenvalue weighted by atomic mass is 9.45. The maximum Gasteiger partial charge on any atom is 0.208 e. The van der Waals surface area contributed by atoms with Crippen LogP contribution in [0.5, 0.6) is 0 Å². The number of methoxy groups -OCH3 is 1. The van der Waals surface area contributed by atoms with E-state index in [9.17, 15) is 0 Å². The van der Waals surface area contributed by atoms with Crippen LogP contribution < -0.4 is 5.73 Å². The molecular formula is C28H46N2O2. The molecule has 2 aliphatic heterocycles.